The number of rotatable bonds is 12. The molecule has 0 spiro atoms. The molecule has 6 heteroatoms. The molecule has 0 aliphatic heterocycles. The van der Waals surface area contributed by atoms with E-state index in [9.17, 15) is 18.7 Å². The van der Waals surface area contributed by atoms with Crippen molar-refractivity contribution in [1.29, 1.82) is 0 Å². The highest BCUT2D eigenvalue weighted by Gasteiger charge is 2.22. The smallest absolute Gasteiger partial charge is 0.387 e. The number of aryl methyl sites for hydroxylation is 1. The average molecular weight is 455 g/mol. The normalized spacial score (nSPS) is 13.0. The quantitative estimate of drug-likeness (QED) is 0.361. The molecule has 0 fully saturated rings. The highest BCUT2D eigenvalue weighted by Crippen LogP contribution is 2.31. The van der Waals surface area contributed by atoms with Crippen LogP contribution < -0.4 is 4.74 Å². The van der Waals surface area contributed by atoms with Gasteiger partial charge in [-0.25, -0.2) is 0 Å². The van der Waals surface area contributed by atoms with E-state index >= 15 is 0 Å². The number of carbonyl (C=O) groups is 1. The van der Waals surface area contributed by atoms with E-state index in [2.05, 4.69) is 16.9 Å². The van der Waals surface area contributed by atoms with Gasteiger partial charge < -0.3 is 14.9 Å². The molecule has 0 amide bonds. The van der Waals surface area contributed by atoms with Gasteiger partial charge in [-0.3, -0.25) is 4.79 Å². The van der Waals surface area contributed by atoms with Crippen LogP contribution in [-0.2, 0) is 24.1 Å². The number of ether oxygens (including phenoxy) is 1. The number of benzene rings is 3. The van der Waals surface area contributed by atoms with Crippen LogP contribution in [0.25, 0.3) is 0 Å². The molecule has 33 heavy (non-hydrogen) atoms. The van der Waals surface area contributed by atoms with Crippen LogP contribution in [0.3, 0.4) is 0 Å². The van der Waals surface area contributed by atoms with Crippen molar-refractivity contribution in [2.75, 3.05) is 0 Å². The van der Waals surface area contributed by atoms with Gasteiger partial charge >= 0.3 is 12.6 Å². The van der Waals surface area contributed by atoms with Gasteiger partial charge in [-0.2, -0.15) is 8.78 Å². The van der Waals surface area contributed by atoms with E-state index in [1.807, 2.05) is 30.3 Å². The minimum absolute atomic E-state index is 0.0313. The number of aliphatic carboxylic acids is 1. The van der Waals surface area contributed by atoms with E-state index in [4.69, 9.17) is 5.11 Å². The molecule has 0 saturated heterocycles. The van der Waals surface area contributed by atoms with Crippen LogP contribution in [-0.4, -0.2) is 22.8 Å². The second-order valence-corrected chi connectivity index (χ2v) is 8.12. The summed E-state index contributed by atoms with van der Waals surface area (Å²) in [6.07, 6.45) is 2.34. The first-order chi connectivity index (χ1) is 15.9. The second-order valence-electron chi connectivity index (χ2n) is 8.12. The Bertz CT molecular complexity index is 989. The summed E-state index contributed by atoms with van der Waals surface area (Å²) in [6.45, 7) is -2.89. The third-order valence-corrected chi connectivity index (χ3v) is 5.65. The number of aliphatic hydroxyl groups excluding tert-OH is 1. The number of carboxylic acids is 1. The van der Waals surface area contributed by atoms with E-state index in [-0.39, 0.29) is 18.1 Å². The Morgan fingerprint density at radius 3 is 2.09 bits per heavy atom. The maximum absolute atomic E-state index is 12.4. The van der Waals surface area contributed by atoms with Gasteiger partial charge in [0.2, 0.25) is 0 Å². The summed E-state index contributed by atoms with van der Waals surface area (Å²) in [4.78, 5) is 10.9. The Hall–Kier alpha value is -3.25. The van der Waals surface area contributed by atoms with Crippen molar-refractivity contribution < 1.29 is 28.5 Å². The van der Waals surface area contributed by atoms with Crippen LogP contribution in [0.4, 0.5) is 8.78 Å². The Balaban J connectivity index is 1.71. The predicted molar refractivity (Wildman–Crippen MR) is 122 cm³/mol. The summed E-state index contributed by atoms with van der Waals surface area (Å²) >= 11 is 0. The molecule has 0 aliphatic carbocycles. The number of hydrogen-bond donors (Lipinski definition) is 2. The summed E-state index contributed by atoms with van der Waals surface area (Å²) in [5, 5.41) is 20.1. The van der Waals surface area contributed by atoms with Gasteiger partial charge in [-0.05, 0) is 66.0 Å². The minimum atomic E-state index is -2.89. The number of carboxylic acid groups (broad SMARTS) is 1. The largest absolute Gasteiger partial charge is 0.481 e. The first-order valence-corrected chi connectivity index (χ1v) is 11.0. The van der Waals surface area contributed by atoms with Crippen LogP contribution in [0.15, 0.2) is 78.9 Å². The fourth-order valence-corrected chi connectivity index (χ4v) is 3.97. The third-order valence-electron chi connectivity index (χ3n) is 5.65. The Labute approximate surface area is 192 Å². The van der Waals surface area contributed by atoms with E-state index in [1.165, 1.54) is 17.7 Å². The first-order valence-electron chi connectivity index (χ1n) is 11.0. The van der Waals surface area contributed by atoms with Crippen molar-refractivity contribution >= 4 is 5.97 Å². The molecule has 0 bridgehead atoms. The molecule has 0 heterocycles. The van der Waals surface area contributed by atoms with Gasteiger partial charge in [-0.15, -0.1) is 0 Å². The van der Waals surface area contributed by atoms with Crippen LogP contribution in [0, 0.1) is 5.92 Å². The van der Waals surface area contributed by atoms with Gasteiger partial charge in [0.25, 0.3) is 0 Å². The lowest BCUT2D eigenvalue weighted by Gasteiger charge is -2.24. The number of hydrogen-bond acceptors (Lipinski definition) is 3. The molecule has 0 radical (unpaired) electrons. The SMILES string of the molecule is O=C(O)Cc1ccc(C[C@H](CCCc2ccccc2)[C@H](O)c2ccc(OC(F)F)cc2)cc1. The molecule has 0 aromatic heterocycles. The number of aliphatic hydroxyl groups is 1. The van der Waals surface area contributed by atoms with Crippen molar-refractivity contribution in [2.24, 2.45) is 5.92 Å². The number of alkyl halides is 2. The fourth-order valence-electron chi connectivity index (χ4n) is 3.97. The first kappa shape index (κ1) is 24.4. The van der Waals surface area contributed by atoms with Crippen molar-refractivity contribution in [1.82, 2.24) is 0 Å². The second kappa shape index (κ2) is 12.1. The molecule has 4 nitrogen and oxygen atoms in total. The van der Waals surface area contributed by atoms with Crippen LogP contribution in [0.5, 0.6) is 5.75 Å². The van der Waals surface area contributed by atoms with Crippen LogP contribution in [0.2, 0.25) is 0 Å². The van der Waals surface area contributed by atoms with Crippen molar-refractivity contribution in [3.63, 3.8) is 0 Å². The van der Waals surface area contributed by atoms with Crippen molar-refractivity contribution in [2.45, 2.75) is 44.8 Å². The molecular formula is C27H28F2O4. The minimum Gasteiger partial charge on any atom is -0.481 e. The monoisotopic (exact) mass is 454 g/mol. The van der Waals surface area contributed by atoms with E-state index in [1.54, 1.807) is 24.3 Å². The summed E-state index contributed by atoms with van der Waals surface area (Å²) in [7, 11) is 0. The molecule has 0 unspecified atom stereocenters. The van der Waals surface area contributed by atoms with Crippen molar-refractivity contribution in [3.05, 3.63) is 101 Å². The van der Waals surface area contributed by atoms with E-state index in [0.717, 1.165) is 30.4 Å². The van der Waals surface area contributed by atoms with Gasteiger partial charge in [-0.1, -0.05) is 66.7 Å². The van der Waals surface area contributed by atoms with Gasteiger partial charge in [0.05, 0.1) is 12.5 Å². The van der Waals surface area contributed by atoms with Gasteiger partial charge in [0.1, 0.15) is 5.75 Å². The Kier molecular flexibility index (Phi) is 8.95. The van der Waals surface area contributed by atoms with Gasteiger partial charge in [0, 0.05) is 0 Å². The average Bonchev–Trinajstić information content (AvgIpc) is 2.79. The highest BCUT2D eigenvalue weighted by atomic mass is 19.3. The molecule has 3 aromatic rings. The molecular weight excluding hydrogens is 426 g/mol. The maximum atomic E-state index is 12.4. The highest BCUT2D eigenvalue weighted by molar-refractivity contribution is 5.70. The topological polar surface area (TPSA) is 66.8 Å². The zero-order chi connectivity index (χ0) is 23.6. The molecule has 174 valence electrons. The standard InChI is InChI=1S/C27H28F2O4/c28-27(29)33-24-15-13-22(14-16-24)26(32)23(8-4-7-19-5-2-1-3-6-19)17-20-9-11-21(12-10-20)18-25(30)31/h1-3,5-6,9-16,23,26-27,32H,4,7-8,17-18H2,(H,30,31)/t23-,26+/m0/s1. The lowest BCUT2D eigenvalue weighted by atomic mass is 9.85. The molecule has 0 saturated carbocycles. The maximum Gasteiger partial charge on any atom is 0.387 e. The fraction of sp³-hybridized carbons (Fsp3) is 0.296. The molecule has 3 rings (SSSR count). The summed E-state index contributed by atoms with van der Waals surface area (Å²) < 4.78 is 29.2. The molecule has 3 aromatic carbocycles. The number of halogens is 2. The lowest BCUT2D eigenvalue weighted by molar-refractivity contribution is -0.136. The van der Waals surface area contributed by atoms with E-state index < -0.39 is 18.7 Å². The van der Waals surface area contributed by atoms with Gasteiger partial charge in [0.15, 0.2) is 0 Å². The van der Waals surface area contributed by atoms with Crippen molar-refractivity contribution in [3.8, 4) is 5.75 Å². The lowest BCUT2D eigenvalue weighted by Crippen LogP contribution is -2.16. The Morgan fingerprint density at radius 2 is 1.48 bits per heavy atom. The van der Waals surface area contributed by atoms with Crippen LogP contribution in [0.1, 0.15) is 41.2 Å². The zero-order valence-corrected chi connectivity index (χ0v) is 18.2. The van der Waals surface area contributed by atoms with E-state index in [0.29, 0.717) is 12.0 Å². The predicted octanol–water partition coefficient (Wildman–Crippen LogP) is 5.83. The molecule has 2 atom stereocenters. The summed E-state index contributed by atoms with van der Waals surface area (Å²) in [6, 6.07) is 23.6. The zero-order valence-electron chi connectivity index (χ0n) is 18.2. The summed E-state index contributed by atoms with van der Waals surface area (Å²) in [5.74, 6) is -0.923. The Morgan fingerprint density at radius 1 is 0.848 bits per heavy atom. The molecule has 2 N–H and O–H groups in total. The van der Waals surface area contributed by atoms with Crippen LogP contribution >= 0.6 is 0 Å². The summed E-state index contributed by atoms with van der Waals surface area (Å²) in [5.41, 5.74) is 3.61. The third kappa shape index (κ3) is 7.99. The molecule has 0 aliphatic rings.